The van der Waals surface area contributed by atoms with Crippen LogP contribution < -0.4 is 10.1 Å². The van der Waals surface area contributed by atoms with Crippen molar-refractivity contribution in [1.82, 2.24) is 15.0 Å². The standard InChI is InChI=1S/C21H18ClF3N4O4/c1-29(12-17(30)26-15-6-8-16(9-7-15)32-21(23,24)25)19(31)11-10-18-27-20(28-33-18)13-2-4-14(22)5-3-13/h2-9H,10-12H2,1H3,(H,26,30). The lowest BCUT2D eigenvalue weighted by molar-refractivity contribution is -0.274. The topological polar surface area (TPSA) is 97.6 Å². The first kappa shape index (κ1) is 24.1. The van der Waals surface area contributed by atoms with Crippen molar-refractivity contribution in [2.45, 2.75) is 19.2 Å². The highest BCUT2D eigenvalue weighted by Gasteiger charge is 2.31. The van der Waals surface area contributed by atoms with Crippen molar-refractivity contribution in [3.8, 4) is 17.1 Å². The molecule has 0 fully saturated rings. The second-order valence-corrected chi connectivity index (χ2v) is 7.33. The zero-order valence-corrected chi connectivity index (χ0v) is 18.0. The van der Waals surface area contributed by atoms with E-state index in [4.69, 9.17) is 16.1 Å². The number of carbonyl (C=O) groups is 2. The number of halogens is 4. The van der Waals surface area contributed by atoms with Crippen LogP contribution in [0.4, 0.5) is 18.9 Å². The fraction of sp³-hybridized carbons (Fsp3) is 0.238. The normalized spacial score (nSPS) is 11.2. The van der Waals surface area contributed by atoms with E-state index in [-0.39, 0.29) is 36.9 Å². The van der Waals surface area contributed by atoms with Gasteiger partial charge in [0.15, 0.2) is 0 Å². The summed E-state index contributed by atoms with van der Waals surface area (Å²) in [7, 11) is 1.45. The van der Waals surface area contributed by atoms with E-state index in [9.17, 15) is 22.8 Å². The molecule has 0 radical (unpaired) electrons. The van der Waals surface area contributed by atoms with Crippen molar-refractivity contribution in [3.05, 3.63) is 59.4 Å². The van der Waals surface area contributed by atoms with E-state index in [2.05, 4.69) is 20.2 Å². The summed E-state index contributed by atoms with van der Waals surface area (Å²) in [6.07, 6.45) is -4.58. The third-order valence-electron chi connectivity index (χ3n) is 4.30. The summed E-state index contributed by atoms with van der Waals surface area (Å²) in [5.74, 6) is -0.614. The van der Waals surface area contributed by atoms with Gasteiger partial charge in [0.05, 0.1) is 6.54 Å². The molecule has 2 amide bonds. The molecule has 0 atom stereocenters. The Labute approximate surface area is 191 Å². The molecule has 0 aliphatic carbocycles. The molecule has 33 heavy (non-hydrogen) atoms. The zero-order valence-electron chi connectivity index (χ0n) is 17.2. The summed E-state index contributed by atoms with van der Waals surface area (Å²) in [4.78, 5) is 29.9. The molecule has 1 aromatic heterocycles. The van der Waals surface area contributed by atoms with Crippen molar-refractivity contribution in [2.75, 3.05) is 18.9 Å². The first-order chi connectivity index (χ1) is 15.6. The number of aryl methyl sites for hydroxylation is 1. The first-order valence-electron chi connectivity index (χ1n) is 9.57. The number of nitrogens with zero attached hydrogens (tertiary/aromatic N) is 3. The van der Waals surface area contributed by atoms with Gasteiger partial charge in [0.1, 0.15) is 5.75 Å². The molecular weight excluding hydrogens is 465 g/mol. The van der Waals surface area contributed by atoms with Gasteiger partial charge >= 0.3 is 6.36 Å². The average Bonchev–Trinajstić information content (AvgIpc) is 3.22. The van der Waals surface area contributed by atoms with Gasteiger partial charge in [0.25, 0.3) is 0 Å². The van der Waals surface area contributed by atoms with Gasteiger partial charge in [-0.3, -0.25) is 9.59 Å². The molecule has 3 rings (SSSR count). The molecule has 0 spiro atoms. The van der Waals surface area contributed by atoms with Crippen LogP contribution in [0.2, 0.25) is 5.02 Å². The quantitative estimate of drug-likeness (QED) is 0.513. The molecule has 12 heteroatoms. The number of aromatic nitrogens is 2. The van der Waals surface area contributed by atoms with Crippen molar-refractivity contribution in [2.24, 2.45) is 0 Å². The third kappa shape index (κ3) is 7.49. The van der Waals surface area contributed by atoms with Crippen molar-refractivity contribution in [1.29, 1.82) is 0 Å². The number of carbonyl (C=O) groups excluding carboxylic acids is 2. The first-order valence-corrected chi connectivity index (χ1v) is 9.95. The van der Waals surface area contributed by atoms with Crippen molar-refractivity contribution >= 4 is 29.1 Å². The number of likely N-dealkylation sites (N-methyl/N-ethyl adjacent to an activating group) is 1. The lowest BCUT2D eigenvalue weighted by Crippen LogP contribution is -2.35. The average molecular weight is 483 g/mol. The van der Waals surface area contributed by atoms with Crippen LogP contribution >= 0.6 is 11.6 Å². The van der Waals surface area contributed by atoms with Gasteiger partial charge in [0.2, 0.25) is 23.5 Å². The highest BCUT2D eigenvalue weighted by atomic mass is 35.5. The Kier molecular flexibility index (Phi) is 7.54. The van der Waals surface area contributed by atoms with E-state index < -0.39 is 18.0 Å². The van der Waals surface area contributed by atoms with Crippen LogP contribution in [0.25, 0.3) is 11.4 Å². The summed E-state index contributed by atoms with van der Waals surface area (Å²) in [6, 6.07) is 11.5. The van der Waals surface area contributed by atoms with Gasteiger partial charge < -0.3 is 19.5 Å². The predicted molar refractivity (Wildman–Crippen MR) is 112 cm³/mol. The number of benzene rings is 2. The molecule has 1 heterocycles. The number of nitrogens with one attached hydrogen (secondary N) is 1. The van der Waals surface area contributed by atoms with Gasteiger partial charge in [-0.05, 0) is 48.5 Å². The van der Waals surface area contributed by atoms with Gasteiger partial charge in [-0.2, -0.15) is 4.98 Å². The van der Waals surface area contributed by atoms with E-state index in [1.807, 2.05) is 0 Å². The number of alkyl halides is 3. The number of hydrogen-bond donors (Lipinski definition) is 1. The molecule has 8 nitrogen and oxygen atoms in total. The molecule has 0 unspecified atom stereocenters. The smallest absolute Gasteiger partial charge is 0.406 e. The summed E-state index contributed by atoms with van der Waals surface area (Å²) in [5, 5.41) is 6.94. The zero-order chi connectivity index (χ0) is 24.0. The molecule has 0 aliphatic heterocycles. The molecule has 0 bridgehead atoms. The van der Waals surface area contributed by atoms with Crippen LogP contribution in [-0.4, -0.2) is 46.8 Å². The van der Waals surface area contributed by atoms with Crippen LogP contribution in [0.5, 0.6) is 5.75 Å². The number of anilines is 1. The molecule has 0 aliphatic rings. The molecule has 0 saturated heterocycles. The number of rotatable bonds is 8. The third-order valence-corrected chi connectivity index (χ3v) is 4.55. The highest BCUT2D eigenvalue weighted by molar-refractivity contribution is 6.30. The molecule has 2 aromatic carbocycles. The molecule has 174 valence electrons. The van der Waals surface area contributed by atoms with E-state index in [0.717, 1.165) is 12.1 Å². The summed E-state index contributed by atoms with van der Waals surface area (Å²) in [5.41, 5.74) is 0.975. The Hall–Kier alpha value is -3.60. The SMILES string of the molecule is CN(CC(=O)Nc1ccc(OC(F)(F)F)cc1)C(=O)CCc1nc(-c2ccc(Cl)cc2)no1. The monoisotopic (exact) mass is 482 g/mol. The fourth-order valence-electron chi connectivity index (χ4n) is 2.72. The maximum atomic E-state index is 12.3. The predicted octanol–water partition coefficient (Wildman–Crippen LogP) is 4.32. The van der Waals surface area contributed by atoms with Crippen molar-refractivity contribution in [3.63, 3.8) is 0 Å². The van der Waals surface area contributed by atoms with Crippen LogP contribution in [-0.2, 0) is 16.0 Å². The minimum atomic E-state index is -4.80. The maximum absolute atomic E-state index is 12.3. The van der Waals surface area contributed by atoms with Crippen LogP contribution in [0, 0.1) is 0 Å². The van der Waals surface area contributed by atoms with Crippen LogP contribution in [0.3, 0.4) is 0 Å². The second kappa shape index (κ2) is 10.3. The van der Waals surface area contributed by atoms with Crippen molar-refractivity contribution < 1.29 is 32.0 Å². The minimum Gasteiger partial charge on any atom is -0.406 e. The highest BCUT2D eigenvalue weighted by Crippen LogP contribution is 2.24. The largest absolute Gasteiger partial charge is 0.573 e. The molecule has 3 aromatic rings. The van der Waals surface area contributed by atoms with Crippen LogP contribution in [0.15, 0.2) is 53.1 Å². The number of amides is 2. The summed E-state index contributed by atoms with van der Waals surface area (Å²) < 4.78 is 45.5. The Bertz CT molecular complexity index is 1100. The van der Waals surface area contributed by atoms with E-state index in [1.54, 1.807) is 24.3 Å². The lowest BCUT2D eigenvalue weighted by Gasteiger charge is -2.16. The number of hydrogen-bond acceptors (Lipinski definition) is 6. The Morgan fingerprint density at radius 3 is 2.42 bits per heavy atom. The second-order valence-electron chi connectivity index (χ2n) is 6.89. The summed E-state index contributed by atoms with van der Waals surface area (Å²) in [6.45, 7) is -0.251. The van der Waals surface area contributed by atoms with Gasteiger partial charge in [-0.1, -0.05) is 16.8 Å². The van der Waals surface area contributed by atoms with E-state index >= 15 is 0 Å². The molecule has 1 N–H and O–H groups in total. The minimum absolute atomic E-state index is 0.0372. The lowest BCUT2D eigenvalue weighted by atomic mass is 10.2. The fourth-order valence-corrected chi connectivity index (χ4v) is 2.85. The molecular formula is C21H18ClF3N4O4. The summed E-state index contributed by atoms with van der Waals surface area (Å²) >= 11 is 5.85. The Morgan fingerprint density at radius 2 is 1.79 bits per heavy atom. The van der Waals surface area contributed by atoms with Gasteiger partial charge in [-0.15, -0.1) is 13.2 Å². The molecule has 0 saturated carbocycles. The maximum Gasteiger partial charge on any atom is 0.573 e. The Balaban J connectivity index is 1.45. The van der Waals surface area contributed by atoms with Crippen LogP contribution in [0.1, 0.15) is 12.3 Å². The van der Waals surface area contributed by atoms with Gasteiger partial charge in [-0.25, -0.2) is 0 Å². The number of ether oxygens (including phenoxy) is 1. The Morgan fingerprint density at radius 1 is 1.12 bits per heavy atom. The van der Waals surface area contributed by atoms with E-state index in [0.29, 0.717) is 16.4 Å². The van der Waals surface area contributed by atoms with Gasteiger partial charge in [0, 0.05) is 36.2 Å². The van der Waals surface area contributed by atoms with E-state index in [1.165, 1.54) is 24.1 Å².